The van der Waals surface area contributed by atoms with Crippen LogP contribution in [-0.2, 0) is 14.3 Å². The number of carbonyl (C=O) groups excluding carboxylic acids is 2. The Morgan fingerprint density at radius 2 is 0.870 bits per heavy atom. The van der Waals surface area contributed by atoms with Crippen molar-refractivity contribution in [2.24, 2.45) is 0 Å². The lowest BCUT2D eigenvalue weighted by atomic mass is 9.99. The van der Waals surface area contributed by atoms with Crippen LogP contribution in [0.15, 0.2) is 109 Å². The van der Waals surface area contributed by atoms with E-state index in [0.717, 1.165) is 94.5 Å². The molecule has 0 saturated heterocycles. The highest BCUT2D eigenvalue weighted by atomic mass is 16.5. The Morgan fingerprint density at radius 1 is 0.481 bits per heavy atom. The van der Waals surface area contributed by atoms with Crippen LogP contribution in [-0.4, -0.2) is 35.2 Å². The molecule has 0 aliphatic rings. The normalized spacial score (nSPS) is 12.6. The van der Waals surface area contributed by atoms with Crippen molar-refractivity contribution in [3.05, 3.63) is 120 Å². The number of hydrogen-bond acceptors (Lipinski definition) is 5. The van der Waals surface area contributed by atoms with Crippen LogP contribution in [0.25, 0.3) is 43.1 Å². The van der Waals surface area contributed by atoms with Crippen LogP contribution in [0.5, 0.6) is 0 Å². The molecule has 0 amide bonds. The number of benzene rings is 6. The molecule has 2 atom stereocenters. The minimum atomic E-state index is -0.990. The molecule has 1 N–H and O–H groups in total. The third kappa shape index (κ3) is 10.2. The zero-order valence-corrected chi connectivity index (χ0v) is 31.4. The Bertz CT molecular complexity index is 2200. The molecule has 6 nitrogen and oxygen atoms in total. The maximum Gasteiger partial charge on any atom is 0.339 e. The fraction of sp³-hybridized carbons (Fsp3) is 0.354. The highest BCUT2D eigenvalue weighted by Gasteiger charge is 2.22. The summed E-state index contributed by atoms with van der Waals surface area (Å²) < 4.78 is 12.1. The summed E-state index contributed by atoms with van der Waals surface area (Å²) in [6.07, 6.45) is 11.4. The van der Waals surface area contributed by atoms with E-state index >= 15 is 0 Å². The van der Waals surface area contributed by atoms with Crippen LogP contribution < -0.4 is 0 Å². The molecule has 6 heteroatoms. The highest BCUT2D eigenvalue weighted by Crippen LogP contribution is 2.29. The molecular weight excluding hydrogens is 673 g/mol. The monoisotopic (exact) mass is 724 g/mol. The van der Waals surface area contributed by atoms with E-state index in [4.69, 9.17) is 9.47 Å². The zero-order valence-electron chi connectivity index (χ0n) is 31.4. The second-order valence-electron chi connectivity index (χ2n) is 14.7. The summed E-state index contributed by atoms with van der Waals surface area (Å²) in [6.45, 7) is 2.22. The zero-order chi connectivity index (χ0) is 37.7. The molecule has 0 aromatic heterocycles. The SMILES string of the molecule is CCCCCCCCC(CCCCCCC(CC(=O)O)OC(=O)c1cccc2cc3ccccc3cc12)OC(=O)c1cccc2cc3ccccc3cc12. The summed E-state index contributed by atoms with van der Waals surface area (Å²) in [5.41, 5.74) is 1.04. The quantitative estimate of drug-likeness (QED) is 0.0479. The van der Waals surface area contributed by atoms with Gasteiger partial charge in [-0.05, 0) is 118 Å². The number of esters is 2. The van der Waals surface area contributed by atoms with Gasteiger partial charge in [0.1, 0.15) is 12.2 Å². The summed E-state index contributed by atoms with van der Waals surface area (Å²) in [7, 11) is 0. The number of ether oxygens (including phenoxy) is 2. The third-order valence-corrected chi connectivity index (χ3v) is 10.6. The van der Waals surface area contributed by atoms with E-state index in [2.05, 4.69) is 37.3 Å². The maximum atomic E-state index is 13.7. The molecule has 0 radical (unpaired) electrons. The lowest BCUT2D eigenvalue weighted by Gasteiger charge is -2.19. The fourth-order valence-electron chi connectivity index (χ4n) is 7.63. The first kappa shape index (κ1) is 38.5. The number of carbonyl (C=O) groups is 3. The summed E-state index contributed by atoms with van der Waals surface area (Å²) in [6, 6.07) is 35.8. The Labute approximate surface area is 318 Å². The molecule has 2 unspecified atom stereocenters. The molecule has 0 saturated carbocycles. The van der Waals surface area contributed by atoms with Crippen molar-refractivity contribution in [1.29, 1.82) is 0 Å². The van der Waals surface area contributed by atoms with Crippen molar-refractivity contribution >= 4 is 61.0 Å². The lowest BCUT2D eigenvalue weighted by Crippen LogP contribution is -2.22. The Morgan fingerprint density at radius 3 is 1.33 bits per heavy atom. The molecule has 54 heavy (non-hydrogen) atoms. The van der Waals surface area contributed by atoms with Gasteiger partial charge in [0.15, 0.2) is 0 Å². The number of carboxylic acids is 1. The number of unbranched alkanes of at least 4 members (excludes halogenated alkanes) is 8. The van der Waals surface area contributed by atoms with Crippen LogP contribution in [0.1, 0.15) is 118 Å². The molecular formula is C48H52O6. The van der Waals surface area contributed by atoms with Crippen LogP contribution in [0.4, 0.5) is 0 Å². The standard InChI is InChI=1S/C48H52O6/c1-2-3-4-5-6-9-24-40(53-47(51)42-27-16-22-38-29-34-18-12-14-20-36(34)31-44(38)42)25-10-7-8-11-26-41(33-46(49)50)54-48(52)43-28-17-23-39-30-35-19-13-15-21-37(35)32-45(39)43/h12-23,27-32,40-41H,2-11,24-26,33H2,1H3,(H,49,50). The van der Waals surface area contributed by atoms with E-state index < -0.39 is 18.0 Å². The van der Waals surface area contributed by atoms with E-state index in [1.165, 1.54) is 25.7 Å². The number of carboxylic acid groups (broad SMARTS) is 1. The Kier molecular flexibility index (Phi) is 13.7. The average molecular weight is 725 g/mol. The summed E-state index contributed by atoms with van der Waals surface area (Å²) in [5, 5.41) is 17.6. The van der Waals surface area contributed by atoms with E-state index in [-0.39, 0.29) is 18.5 Å². The minimum absolute atomic E-state index is 0.169. The van der Waals surface area contributed by atoms with Gasteiger partial charge in [-0.1, -0.05) is 125 Å². The van der Waals surface area contributed by atoms with E-state index in [9.17, 15) is 19.5 Å². The Balaban J connectivity index is 1.04. The van der Waals surface area contributed by atoms with Gasteiger partial charge in [0, 0.05) is 0 Å². The first-order valence-corrected chi connectivity index (χ1v) is 19.9. The van der Waals surface area contributed by atoms with Crippen molar-refractivity contribution in [1.82, 2.24) is 0 Å². The molecule has 0 bridgehead atoms. The molecule has 6 aromatic rings. The summed E-state index contributed by atoms with van der Waals surface area (Å²) >= 11 is 0. The second-order valence-corrected chi connectivity index (χ2v) is 14.7. The van der Waals surface area contributed by atoms with Crippen LogP contribution in [0.3, 0.4) is 0 Å². The first-order valence-electron chi connectivity index (χ1n) is 19.9. The number of rotatable bonds is 20. The highest BCUT2D eigenvalue weighted by molar-refractivity contribution is 6.10. The van der Waals surface area contributed by atoms with Gasteiger partial charge in [-0.2, -0.15) is 0 Å². The average Bonchev–Trinajstić information content (AvgIpc) is 3.17. The van der Waals surface area contributed by atoms with Gasteiger partial charge in [-0.15, -0.1) is 0 Å². The van der Waals surface area contributed by atoms with Crippen molar-refractivity contribution in [3.8, 4) is 0 Å². The van der Waals surface area contributed by atoms with Crippen molar-refractivity contribution in [3.63, 3.8) is 0 Å². The lowest BCUT2D eigenvalue weighted by molar-refractivity contribution is -0.139. The molecule has 6 rings (SSSR count). The summed E-state index contributed by atoms with van der Waals surface area (Å²) in [5.74, 6) is -1.76. The third-order valence-electron chi connectivity index (χ3n) is 10.6. The number of fused-ring (bicyclic) bond motifs is 4. The molecule has 0 heterocycles. The molecule has 280 valence electrons. The van der Waals surface area contributed by atoms with Gasteiger partial charge in [-0.3, -0.25) is 4.79 Å². The maximum absolute atomic E-state index is 13.7. The van der Waals surface area contributed by atoms with E-state index in [1.54, 1.807) is 6.07 Å². The predicted molar refractivity (Wildman–Crippen MR) is 219 cm³/mol. The van der Waals surface area contributed by atoms with Gasteiger partial charge in [0.2, 0.25) is 0 Å². The minimum Gasteiger partial charge on any atom is -0.481 e. The first-order chi connectivity index (χ1) is 26.4. The van der Waals surface area contributed by atoms with Gasteiger partial charge < -0.3 is 14.6 Å². The largest absolute Gasteiger partial charge is 0.481 e. The van der Waals surface area contributed by atoms with Crippen molar-refractivity contribution in [2.75, 3.05) is 0 Å². The summed E-state index contributed by atoms with van der Waals surface area (Å²) in [4.78, 5) is 38.9. The molecule has 0 fully saturated rings. The molecule has 6 aromatic carbocycles. The van der Waals surface area contributed by atoms with E-state index in [0.29, 0.717) is 17.5 Å². The smallest absolute Gasteiger partial charge is 0.339 e. The van der Waals surface area contributed by atoms with Gasteiger partial charge >= 0.3 is 17.9 Å². The van der Waals surface area contributed by atoms with Crippen LogP contribution in [0.2, 0.25) is 0 Å². The molecule has 0 spiro atoms. The number of hydrogen-bond donors (Lipinski definition) is 1. The molecule has 0 aliphatic carbocycles. The molecule has 0 aliphatic heterocycles. The topological polar surface area (TPSA) is 89.9 Å². The van der Waals surface area contributed by atoms with Crippen LogP contribution in [0, 0.1) is 0 Å². The van der Waals surface area contributed by atoms with Crippen molar-refractivity contribution < 1.29 is 29.0 Å². The van der Waals surface area contributed by atoms with Gasteiger partial charge in [-0.25, -0.2) is 9.59 Å². The van der Waals surface area contributed by atoms with Crippen molar-refractivity contribution in [2.45, 2.75) is 109 Å². The van der Waals surface area contributed by atoms with Gasteiger partial charge in [0.25, 0.3) is 0 Å². The van der Waals surface area contributed by atoms with Gasteiger partial charge in [0.05, 0.1) is 17.5 Å². The Hall–Kier alpha value is -5.23. The second kappa shape index (κ2) is 19.2. The fourth-order valence-corrected chi connectivity index (χ4v) is 7.63. The predicted octanol–water partition coefficient (Wildman–Crippen LogP) is 12.6. The van der Waals surface area contributed by atoms with E-state index in [1.807, 2.05) is 72.8 Å². The van der Waals surface area contributed by atoms with Crippen LogP contribution >= 0.6 is 0 Å². The number of aliphatic carboxylic acids is 1.